The molecule has 1 spiro atoms. The molecule has 1 saturated heterocycles. The number of likely N-dealkylation sites (tertiary alicyclic amines) is 1. The van der Waals surface area contributed by atoms with E-state index in [-0.39, 0.29) is 22.9 Å². The van der Waals surface area contributed by atoms with E-state index in [1.165, 1.54) is 25.7 Å². The Morgan fingerprint density at radius 3 is 1.52 bits per heavy atom. The van der Waals surface area contributed by atoms with Gasteiger partial charge in [0.05, 0.1) is 57.0 Å². The van der Waals surface area contributed by atoms with Gasteiger partial charge in [-0.3, -0.25) is 0 Å². The number of aliphatic hydroxyl groups excluding tert-OH is 1. The van der Waals surface area contributed by atoms with Crippen LogP contribution in [-0.4, -0.2) is 108 Å². The average Bonchev–Trinajstić information content (AvgIpc) is 3.79. The summed E-state index contributed by atoms with van der Waals surface area (Å²) in [5, 5.41) is 13.2. The van der Waals surface area contributed by atoms with Gasteiger partial charge in [-0.25, -0.2) is 15.0 Å². The second kappa shape index (κ2) is 23.0. The number of benzene rings is 3. The highest BCUT2D eigenvalue weighted by Crippen LogP contribution is 2.54. The third-order valence-corrected chi connectivity index (χ3v) is 13.1. The van der Waals surface area contributed by atoms with Gasteiger partial charge in [-0.2, -0.15) is 0 Å². The van der Waals surface area contributed by atoms with Gasteiger partial charge in [0.15, 0.2) is 34.5 Å². The van der Waals surface area contributed by atoms with Crippen LogP contribution >= 0.6 is 0 Å². The van der Waals surface area contributed by atoms with Crippen LogP contribution in [0.25, 0.3) is 0 Å². The maximum Gasteiger partial charge on any atom is 0.163 e. The minimum Gasteiger partial charge on any atom is -0.493 e. The van der Waals surface area contributed by atoms with Crippen LogP contribution in [0, 0.1) is 0 Å². The van der Waals surface area contributed by atoms with Gasteiger partial charge >= 0.3 is 0 Å². The van der Waals surface area contributed by atoms with Crippen LogP contribution in [0.2, 0.25) is 0 Å². The molecule has 2 fully saturated rings. The Bertz CT molecular complexity index is 2100. The number of hydrogen-bond acceptors (Lipinski definition) is 15. The number of rotatable bonds is 18. The Kier molecular flexibility index (Phi) is 18.0. The van der Waals surface area contributed by atoms with Gasteiger partial charge in [0.2, 0.25) is 0 Å². The van der Waals surface area contributed by atoms with E-state index in [0.717, 1.165) is 102 Å². The SMILES string of the molecule is CC.CCCCCOc1cc2c(cc1OC)C(C)(C)C(N)=N2.CNCCCOc1cc2c(cc1OC)C(C)(C)C(N)=N2.COc1cc2c(cc1OC[C@@H](O)CN1CCC1)N=C(N)C21CCC1. The number of nitrogens with zero attached hydrogens (tertiary/aromatic N) is 4. The quantitative estimate of drug-likeness (QED) is 0.0768. The molecule has 364 valence electrons. The first-order chi connectivity index (χ1) is 31.6. The Morgan fingerprint density at radius 1 is 0.636 bits per heavy atom. The third-order valence-electron chi connectivity index (χ3n) is 13.1. The molecule has 15 nitrogen and oxygen atoms in total. The molecule has 5 aliphatic rings. The molecule has 3 aromatic rings. The minimum absolute atomic E-state index is 0.0852. The van der Waals surface area contributed by atoms with Crippen molar-refractivity contribution in [3.05, 3.63) is 53.1 Å². The zero-order valence-corrected chi connectivity index (χ0v) is 41.6. The smallest absolute Gasteiger partial charge is 0.163 e. The number of aliphatic imine (C=N–C) groups is 3. The van der Waals surface area contributed by atoms with Crippen molar-refractivity contribution in [1.82, 2.24) is 10.2 Å². The summed E-state index contributed by atoms with van der Waals surface area (Å²) < 4.78 is 33.8. The molecule has 1 saturated carbocycles. The zero-order chi connectivity index (χ0) is 48.2. The Balaban J connectivity index is 0.000000183. The van der Waals surface area contributed by atoms with Crippen LogP contribution in [0.1, 0.15) is 117 Å². The first kappa shape index (κ1) is 51.7. The number of fused-ring (bicyclic) bond motifs is 4. The van der Waals surface area contributed by atoms with E-state index < -0.39 is 6.10 Å². The molecule has 1 aliphatic carbocycles. The summed E-state index contributed by atoms with van der Waals surface area (Å²) in [6, 6.07) is 11.7. The first-order valence-electron chi connectivity index (χ1n) is 23.8. The lowest BCUT2D eigenvalue weighted by Crippen LogP contribution is -2.44. The molecular weight excluding hydrogens is 837 g/mol. The average molecular weight is 915 g/mol. The maximum absolute atomic E-state index is 10.1. The van der Waals surface area contributed by atoms with Crippen molar-refractivity contribution >= 4 is 34.6 Å². The zero-order valence-electron chi connectivity index (χ0n) is 41.6. The van der Waals surface area contributed by atoms with Gasteiger partial charge in [-0.05, 0) is 121 Å². The second-order valence-electron chi connectivity index (χ2n) is 18.2. The number of hydrogen-bond donors (Lipinski definition) is 5. The summed E-state index contributed by atoms with van der Waals surface area (Å²) >= 11 is 0. The molecule has 4 aliphatic heterocycles. The van der Waals surface area contributed by atoms with Gasteiger partial charge in [-0.15, -0.1) is 0 Å². The van der Waals surface area contributed by atoms with E-state index in [9.17, 15) is 5.11 Å². The fourth-order valence-corrected chi connectivity index (χ4v) is 8.44. The van der Waals surface area contributed by atoms with E-state index in [4.69, 9.17) is 45.6 Å². The van der Waals surface area contributed by atoms with Crippen molar-refractivity contribution in [2.24, 2.45) is 32.2 Å². The standard InChI is InChI=1S/C18H25N3O3.C16H24N2O2.C15H23N3O2.C2H6/c1-23-15-8-13-14(20-17(19)18(13)4-2-5-18)9-16(15)24-11-12(22)10-21-6-3-7-21;1-5-6-7-8-20-14-10-12-11(9-13(14)19-4)16(2,3)15(17)18-12;1-15(2)10-8-12(19-4)13(20-7-5-6-17-3)9-11(10)18-14(15)16;1-2/h8-9,12,22H,2-7,10-11H2,1H3,(H2,19,20);9-10H,5-8H2,1-4H3,(H2,17,18);8-9,17H,5-7H2,1-4H3,(H2,16,18);1-2H3/t12-;;;/m0.../s1. The Labute approximate surface area is 393 Å². The number of β-amino-alcohol motifs (C(OH)–C–C–N with tert-alkyl or cyclic N) is 1. The largest absolute Gasteiger partial charge is 0.493 e. The van der Waals surface area contributed by atoms with E-state index in [1.807, 2.05) is 57.3 Å². The highest BCUT2D eigenvalue weighted by molar-refractivity contribution is 6.01. The number of nitrogens with two attached hydrogens (primary N) is 3. The molecule has 0 unspecified atom stereocenters. The van der Waals surface area contributed by atoms with Gasteiger partial charge < -0.3 is 60.9 Å². The summed E-state index contributed by atoms with van der Waals surface area (Å²) in [6.45, 7) is 19.7. The van der Waals surface area contributed by atoms with Crippen LogP contribution in [0.4, 0.5) is 17.1 Å². The molecule has 4 heterocycles. The topological polar surface area (TPSA) is 206 Å². The normalized spacial score (nSPS) is 17.7. The minimum atomic E-state index is -0.505. The monoisotopic (exact) mass is 915 g/mol. The Hall–Kier alpha value is -5.25. The number of unbranched alkanes of at least 4 members (excludes halogenated alkanes) is 2. The van der Waals surface area contributed by atoms with Crippen LogP contribution in [0.15, 0.2) is 51.4 Å². The van der Waals surface area contributed by atoms with E-state index in [0.29, 0.717) is 48.8 Å². The van der Waals surface area contributed by atoms with Gasteiger partial charge in [0.25, 0.3) is 0 Å². The predicted molar refractivity (Wildman–Crippen MR) is 267 cm³/mol. The lowest BCUT2D eigenvalue weighted by atomic mass is 9.64. The lowest BCUT2D eigenvalue weighted by molar-refractivity contribution is 0.0460. The van der Waals surface area contributed by atoms with Gasteiger partial charge in [0.1, 0.15) is 30.2 Å². The second-order valence-corrected chi connectivity index (χ2v) is 18.2. The summed E-state index contributed by atoms with van der Waals surface area (Å²) in [5.74, 6) is 6.21. The fourth-order valence-electron chi connectivity index (χ4n) is 8.44. The summed E-state index contributed by atoms with van der Waals surface area (Å²) in [7, 11) is 6.87. The predicted octanol–water partition coefficient (Wildman–Crippen LogP) is 8.10. The fraction of sp³-hybridized carbons (Fsp3) is 0.588. The van der Waals surface area contributed by atoms with Crippen molar-refractivity contribution in [2.75, 3.05) is 74.4 Å². The van der Waals surface area contributed by atoms with Crippen molar-refractivity contribution in [1.29, 1.82) is 0 Å². The van der Waals surface area contributed by atoms with Crippen molar-refractivity contribution in [3.63, 3.8) is 0 Å². The summed E-state index contributed by atoms with van der Waals surface area (Å²) in [6.07, 6.45) is 8.33. The molecule has 1 atom stereocenters. The molecule has 0 aromatic heterocycles. The highest BCUT2D eigenvalue weighted by Gasteiger charge is 2.48. The maximum atomic E-state index is 10.1. The number of nitrogens with one attached hydrogen (secondary N) is 1. The van der Waals surface area contributed by atoms with Crippen LogP contribution < -0.4 is 50.9 Å². The van der Waals surface area contributed by atoms with Crippen LogP contribution in [0.3, 0.4) is 0 Å². The molecular formula is C51H78N8O7. The number of ether oxygens (including phenoxy) is 6. The number of aliphatic hydroxyl groups is 1. The van der Waals surface area contributed by atoms with E-state index in [2.05, 4.69) is 59.8 Å². The first-order valence-corrected chi connectivity index (χ1v) is 23.8. The van der Waals surface area contributed by atoms with Crippen molar-refractivity contribution in [3.8, 4) is 34.5 Å². The molecule has 8 N–H and O–H groups in total. The summed E-state index contributed by atoms with van der Waals surface area (Å²) in [5.41, 5.74) is 23.6. The number of methoxy groups -OCH3 is 3. The van der Waals surface area contributed by atoms with Crippen molar-refractivity contribution < 1.29 is 33.5 Å². The van der Waals surface area contributed by atoms with E-state index in [1.54, 1.807) is 21.3 Å². The highest BCUT2D eigenvalue weighted by atomic mass is 16.5. The van der Waals surface area contributed by atoms with Crippen LogP contribution in [-0.2, 0) is 16.2 Å². The van der Waals surface area contributed by atoms with Gasteiger partial charge in [0, 0.05) is 35.6 Å². The molecule has 0 amide bonds. The lowest BCUT2D eigenvalue weighted by Gasteiger charge is -2.39. The molecule has 3 aromatic carbocycles. The van der Waals surface area contributed by atoms with Crippen molar-refractivity contribution in [2.45, 2.75) is 122 Å². The molecule has 0 radical (unpaired) electrons. The third kappa shape index (κ3) is 11.3. The molecule has 8 rings (SSSR count). The number of amidine groups is 3. The molecule has 15 heteroatoms. The molecule has 0 bridgehead atoms. The van der Waals surface area contributed by atoms with Gasteiger partial charge in [-0.1, -0.05) is 40.0 Å². The molecule has 66 heavy (non-hydrogen) atoms. The summed E-state index contributed by atoms with van der Waals surface area (Å²) in [4.78, 5) is 15.6. The van der Waals surface area contributed by atoms with E-state index >= 15 is 0 Å². The van der Waals surface area contributed by atoms with Crippen LogP contribution in [0.5, 0.6) is 34.5 Å². The Morgan fingerprint density at radius 2 is 1.09 bits per heavy atom.